The van der Waals surface area contributed by atoms with Gasteiger partial charge in [0.1, 0.15) is 5.78 Å². The van der Waals surface area contributed by atoms with Crippen molar-refractivity contribution >= 4 is 5.78 Å². The van der Waals surface area contributed by atoms with Gasteiger partial charge in [-0.1, -0.05) is 32.1 Å². The molecule has 1 N–H and O–H groups in total. The van der Waals surface area contributed by atoms with E-state index in [1.807, 2.05) is 0 Å². The molecule has 0 spiro atoms. The third kappa shape index (κ3) is 3.30. The average molecular weight is 209 g/mol. The zero-order valence-corrected chi connectivity index (χ0v) is 9.63. The highest BCUT2D eigenvalue weighted by molar-refractivity contribution is 5.81. The second kappa shape index (κ2) is 5.64. The lowest BCUT2D eigenvalue weighted by Crippen LogP contribution is -2.35. The van der Waals surface area contributed by atoms with Crippen LogP contribution in [0.2, 0.25) is 0 Å². The van der Waals surface area contributed by atoms with Gasteiger partial charge < -0.3 is 5.32 Å². The van der Waals surface area contributed by atoms with Crippen LogP contribution < -0.4 is 5.32 Å². The number of nitrogens with one attached hydrogen (secondary N) is 1. The molecule has 15 heavy (non-hydrogen) atoms. The fraction of sp³-hybridized carbons (Fsp3) is 0.923. The van der Waals surface area contributed by atoms with Crippen LogP contribution in [0.3, 0.4) is 0 Å². The van der Waals surface area contributed by atoms with Gasteiger partial charge >= 0.3 is 0 Å². The fourth-order valence-electron chi connectivity index (χ4n) is 2.97. The summed E-state index contributed by atoms with van der Waals surface area (Å²) in [6, 6.07) is 0. The molecule has 2 fully saturated rings. The van der Waals surface area contributed by atoms with Crippen LogP contribution in [-0.2, 0) is 4.79 Å². The van der Waals surface area contributed by atoms with Crippen molar-refractivity contribution in [2.45, 2.75) is 51.4 Å². The zero-order chi connectivity index (χ0) is 10.5. The topological polar surface area (TPSA) is 29.1 Å². The summed E-state index contributed by atoms with van der Waals surface area (Å²) in [5, 5.41) is 3.33. The number of piperidine rings is 1. The first-order valence-corrected chi connectivity index (χ1v) is 6.59. The molecule has 1 aliphatic heterocycles. The Morgan fingerprint density at radius 1 is 1.07 bits per heavy atom. The second-order valence-corrected chi connectivity index (χ2v) is 5.22. The summed E-state index contributed by atoms with van der Waals surface area (Å²) in [5.74, 6) is 1.59. The highest BCUT2D eigenvalue weighted by Gasteiger charge is 2.24. The Morgan fingerprint density at radius 3 is 2.53 bits per heavy atom. The number of carbonyl (C=O) groups is 1. The van der Waals surface area contributed by atoms with Gasteiger partial charge in [0, 0.05) is 18.9 Å². The van der Waals surface area contributed by atoms with Crippen LogP contribution in [-0.4, -0.2) is 18.9 Å². The minimum Gasteiger partial charge on any atom is -0.316 e. The van der Waals surface area contributed by atoms with Gasteiger partial charge in [0.05, 0.1) is 0 Å². The predicted octanol–water partition coefficient (Wildman–Crippen LogP) is 2.53. The van der Waals surface area contributed by atoms with Crippen LogP contribution in [0.4, 0.5) is 0 Å². The van der Waals surface area contributed by atoms with Crippen molar-refractivity contribution in [2.75, 3.05) is 13.1 Å². The molecule has 1 unspecified atom stereocenters. The Hall–Kier alpha value is -0.370. The Balaban J connectivity index is 1.74. The minimum absolute atomic E-state index is 0.334. The number of rotatable bonds is 3. The molecule has 2 nitrogen and oxygen atoms in total. The summed E-state index contributed by atoms with van der Waals surface area (Å²) in [4.78, 5) is 12.0. The molecule has 1 atom stereocenters. The molecule has 86 valence electrons. The Labute approximate surface area is 92.8 Å². The summed E-state index contributed by atoms with van der Waals surface area (Å²) in [6.07, 6.45) is 9.85. The number of carbonyl (C=O) groups excluding carboxylic acids is 1. The van der Waals surface area contributed by atoms with E-state index in [1.54, 1.807) is 0 Å². The summed E-state index contributed by atoms with van der Waals surface area (Å²) < 4.78 is 0. The van der Waals surface area contributed by atoms with Gasteiger partial charge in [-0.3, -0.25) is 4.79 Å². The molecule has 1 saturated carbocycles. The van der Waals surface area contributed by atoms with Gasteiger partial charge in [-0.2, -0.15) is 0 Å². The molecule has 1 aliphatic carbocycles. The third-order valence-electron chi connectivity index (χ3n) is 3.97. The van der Waals surface area contributed by atoms with Crippen molar-refractivity contribution in [3.63, 3.8) is 0 Å². The lowest BCUT2D eigenvalue weighted by Gasteiger charge is -2.25. The van der Waals surface area contributed by atoms with Crippen LogP contribution in [0.5, 0.6) is 0 Å². The van der Waals surface area contributed by atoms with Crippen molar-refractivity contribution in [1.82, 2.24) is 5.32 Å². The molecule has 0 aromatic rings. The van der Waals surface area contributed by atoms with Crippen LogP contribution >= 0.6 is 0 Å². The van der Waals surface area contributed by atoms with E-state index < -0.39 is 0 Å². The summed E-state index contributed by atoms with van der Waals surface area (Å²) in [5.41, 5.74) is 0. The molecule has 0 bridgehead atoms. The molecule has 0 radical (unpaired) electrons. The van der Waals surface area contributed by atoms with E-state index in [4.69, 9.17) is 0 Å². The first-order valence-electron chi connectivity index (χ1n) is 6.59. The van der Waals surface area contributed by atoms with E-state index in [0.717, 1.165) is 25.9 Å². The Kier molecular flexibility index (Phi) is 4.18. The van der Waals surface area contributed by atoms with Gasteiger partial charge in [0.15, 0.2) is 0 Å². The molecule has 2 rings (SSSR count). The second-order valence-electron chi connectivity index (χ2n) is 5.22. The molecule has 0 aromatic heterocycles. The molecular weight excluding hydrogens is 186 g/mol. The molecule has 1 heterocycles. The van der Waals surface area contributed by atoms with Crippen molar-refractivity contribution in [3.05, 3.63) is 0 Å². The van der Waals surface area contributed by atoms with E-state index >= 15 is 0 Å². The summed E-state index contributed by atoms with van der Waals surface area (Å²) in [6.45, 7) is 2.04. The third-order valence-corrected chi connectivity index (χ3v) is 3.97. The Bertz CT molecular complexity index is 203. The molecular formula is C13H23NO. The van der Waals surface area contributed by atoms with Crippen molar-refractivity contribution in [2.24, 2.45) is 11.8 Å². The number of hydrogen-bond acceptors (Lipinski definition) is 2. The molecule has 1 saturated heterocycles. The van der Waals surface area contributed by atoms with E-state index in [9.17, 15) is 4.79 Å². The van der Waals surface area contributed by atoms with Gasteiger partial charge in [-0.25, -0.2) is 0 Å². The lowest BCUT2D eigenvalue weighted by molar-refractivity contribution is -0.124. The maximum absolute atomic E-state index is 12.0. The van der Waals surface area contributed by atoms with E-state index in [0.29, 0.717) is 17.6 Å². The Morgan fingerprint density at radius 2 is 1.87 bits per heavy atom. The average Bonchev–Trinajstić information content (AvgIpc) is 2.31. The quantitative estimate of drug-likeness (QED) is 0.774. The molecule has 0 aromatic carbocycles. The fourth-order valence-corrected chi connectivity index (χ4v) is 2.97. The number of ketones is 1. The highest BCUT2D eigenvalue weighted by Crippen LogP contribution is 2.28. The van der Waals surface area contributed by atoms with Crippen molar-refractivity contribution < 1.29 is 4.79 Å². The number of Topliss-reactive ketones (excluding diaryl/α,β-unsaturated/α-hetero) is 1. The maximum atomic E-state index is 12.0. The maximum Gasteiger partial charge on any atom is 0.137 e. The molecule has 0 amide bonds. The van der Waals surface area contributed by atoms with Crippen LogP contribution in [0.1, 0.15) is 51.4 Å². The monoisotopic (exact) mass is 209 g/mol. The molecule has 2 heteroatoms. The van der Waals surface area contributed by atoms with Gasteiger partial charge in [-0.15, -0.1) is 0 Å². The SMILES string of the molecule is O=C(CC1CCCCC1)C1CCCNC1. The number of hydrogen-bond donors (Lipinski definition) is 1. The summed E-state index contributed by atoms with van der Waals surface area (Å²) in [7, 11) is 0. The first-order chi connectivity index (χ1) is 7.36. The zero-order valence-electron chi connectivity index (χ0n) is 9.63. The largest absolute Gasteiger partial charge is 0.316 e. The van der Waals surface area contributed by atoms with Gasteiger partial charge in [-0.05, 0) is 25.3 Å². The normalized spacial score (nSPS) is 28.9. The van der Waals surface area contributed by atoms with E-state index in [1.165, 1.54) is 38.5 Å². The van der Waals surface area contributed by atoms with Crippen LogP contribution in [0.25, 0.3) is 0 Å². The smallest absolute Gasteiger partial charge is 0.137 e. The lowest BCUT2D eigenvalue weighted by atomic mass is 9.82. The summed E-state index contributed by atoms with van der Waals surface area (Å²) >= 11 is 0. The first kappa shape index (κ1) is 11.1. The van der Waals surface area contributed by atoms with Crippen molar-refractivity contribution in [1.29, 1.82) is 0 Å². The van der Waals surface area contributed by atoms with Crippen LogP contribution in [0.15, 0.2) is 0 Å². The standard InChI is InChI=1S/C13H23NO/c15-13(12-7-4-8-14-10-12)9-11-5-2-1-3-6-11/h11-12,14H,1-10H2. The van der Waals surface area contributed by atoms with E-state index in [2.05, 4.69) is 5.32 Å². The van der Waals surface area contributed by atoms with Crippen LogP contribution in [0, 0.1) is 11.8 Å². The minimum atomic E-state index is 0.334. The molecule has 2 aliphatic rings. The van der Waals surface area contributed by atoms with E-state index in [-0.39, 0.29) is 0 Å². The van der Waals surface area contributed by atoms with Crippen molar-refractivity contribution in [3.8, 4) is 0 Å². The van der Waals surface area contributed by atoms with Gasteiger partial charge in [0.2, 0.25) is 0 Å². The predicted molar refractivity (Wildman–Crippen MR) is 61.8 cm³/mol. The van der Waals surface area contributed by atoms with Gasteiger partial charge in [0.25, 0.3) is 0 Å². The highest BCUT2D eigenvalue weighted by atomic mass is 16.1.